The number of fused-ring (bicyclic) bond motifs is 3. The van der Waals surface area contributed by atoms with Gasteiger partial charge in [-0.3, -0.25) is 0 Å². The van der Waals surface area contributed by atoms with Crippen LogP contribution in [0.3, 0.4) is 0 Å². The molecule has 1 aromatic heterocycles. The van der Waals surface area contributed by atoms with Crippen LogP contribution in [-0.2, 0) is 0 Å². The van der Waals surface area contributed by atoms with Crippen molar-refractivity contribution in [2.45, 2.75) is 18.8 Å². The Kier molecular flexibility index (Phi) is 1.66. The number of nitrogens with zero attached hydrogens (tertiary/aromatic N) is 1. The minimum absolute atomic E-state index is 0.760. The van der Waals surface area contributed by atoms with E-state index < -0.39 is 0 Å². The Hall–Kier alpha value is -1.41. The molecular weight excluding hydrogens is 214 g/mol. The van der Waals surface area contributed by atoms with E-state index in [1.54, 1.807) is 0 Å². The van der Waals surface area contributed by atoms with Crippen LogP contribution >= 0.6 is 11.3 Å². The molecule has 0 aliphatic heterocycles. The van der Waals surface area contributed by atoms with E-state index in [9.17, 15) is 0 Å². The van der Waals surface area contributed by atoms with Gasteiger partial charge >= 0.3 is 0 Å². The Morgan fingerprint density at radius 3 is 2.81 bits per heavy atom. The van der Waals surface area contributed by atoms with Gasteiger partial charge in [0.15, 0.2) is 0 Å². The van der Waals surface area contributed by atoms with Crippen LogP contribution in [0.5, 0.6) is 0 Å². The van der Waals surface area contributed by atoms with Crippen molar-refractivity contribution in [2.75, 3.05) is 0 Å². The first kappa shape index (κ1) is 8.71. The molecule has 16 heavy (non-hydrogen) atoms. The maximum absolute atomic E-state index is 4.82. The molecule has 4 rings (SSSR count). The second-order valence-electron chi connectivity index (χ2n) is 4.46. The fourth-order valence-electron chi connectivity index (χ4n) is 2.18. The third kappa shape index (κ3) is 1.20. The lowest BCUT2D eigenvalue weighted by Crippen LogP contribution is -1.77. The van der Waals surface area contributed by atoms with Crippen LogP contribution in [0.1, 0.15) is 23.8 Å². The van der Waals surface area contributed by atoms with E-state index in [0.717, 1.165) is 5.92 Å². The highest BCUT2D eigenvalue weighted by Gasteiger charge is 2.27. The zero-order chi connectivity index (χ0) is 10.5. The van der Waals surface area contributed by atoms with Crippen molar-refractivity contribution in [1.29, 1.82) is 0 Å². The zero-order valence-electron chi connectivity index (χ0n) is 8.81. The zero-order valence-corrected chi connectivity index (χ0v) is 9.63. The third-order valence-corrected chi connectivity index (χ3v) is 4.41. The highest BCUT2D eigenvalue weighted by molar-refractivity contribution is 7.18. The molecule has 0 atom stereocenters. The number of hydrogen-bond acceptors (Lipinski definition) is 2. The highest BCUT2D eigenvalue weighted by atomic mass is 32.1. The second kappa shape index (κ2) is 3.05. The molecule has 1 nitrogen and oxygen atoms in total. The van der Waals surface area contributed by atoms with E-state index in [2.05, 4.69) is 36.4 Å². The first-order valence-corrected chi connectivity index (χ1v) is 6.52. The van der Waals surface area contributed by atoms with Crippen molar-refractivity contribution in [1.82, 2.24) is 4.98 Å². The lowest BCUT2D eigenvalue weighted by molar-refractivity contribution is 1.10. The molecule has 0 amide bonds. The van der Waals surface area contributed by atoms with Crippen LogP contribution in [0, 0.1) is 0 Å². The summed E-state index contributed by atoms with van der Waals surface area (Å²) in [5, 5.41) is 3.93. The molecule has 78 valence electrons. The minimum atomic E-state index is 0.760. The van der Waals surface area contributed by atoms with E-state index in [1.807, 2.05) is 11.3 Å². The Labute approximate surface area is 97.7 Å². The number of hydrogen-bond donors (Lipinski definition) is 0. The first-order valence-electron chi connectivity index (χ1n) is 5.70. The molecule has 0 radical (unpaired) electrons. The van der Waals surface area contributed by atoms with E-state index in [4.69, 9.17) is 4.98 Å². The summed E-state index contributed by atoms with van der Waals surface area (Å²) in [4.78, 5) is 4.82. The average Bonchev–Trinajstić information content (AvgIpc) is 3.08. The fourth-order valence-corrected chi connectivity index (χ4v) is 3.34. The van der Waals surface area contributed by atoms with Crippen LogP contribution in [0.4, 0.5) is 0 Å². The first-order chi connectivity index (χ1) is 7.92. The largest absolute Gasteiger partial charge is 0.240 e. The molecule has 0 saturated heterocycles. The molecule has 0 N–H and O–H groups in total. The maximum atomic E-state index is 4.82. The number of thiazole rings is 1. The normalized spacial score (nSPS) is 16.0. The van der Waals surface area contributed by atoms with Gasteiger partial charge in [0.2, 0.25) is 0 Å². The molecule has 1 fully saturated rings. The summed E-state index contributed by atoms with van der Waals surface area (Å²) in [5.74, 6) is 0.760. The average molecular weight is 225 g/mol. The minimum Gasteiger partial charge on any atom is -0.240 e. The number of aromatic nitrogens is 1. The van der Waals surface area contributed by atoms with Gasteiger partial charge in [0.25, 0.3) is 0 Å². The van der Waals surface area contributed by atoms with Crippen molar-refractivity contribution < 1.29 is 0 Å². The molecule has 1 aliphatic rings. The topological polar surface area (TPSA) is 12.9 Å². The monoisotopic (exact) mass is 225 g/mol. The number of rotatable bonds is 1. The van der Waals surface area contributed by atoms with Gasteiger partial charge in [0.1, 0.15) is 0 Å². The van der Waals surface area contributed by atoms with Crippen LogP contribution in [-0.4, -0.2) is 4.98 Å². The second-order valence-corrected chi connectivity index (χ2v) is 5.52. The Morgan fingerprint density at radius 1 is 1.06 bits per heavy atom. The molecular formula is C14H11NS. The van der Waals surface area contributed by atoms with Crippen molar-refractivity contribution in [3.05, 3.63) is 41.4 Å². The lowest BCUT2D eigenvalue weighted by atomic mass is 10.1. The molecule has 0 spiro atoms. The van der Waals surface area contributed by atoms with Gasteiger partial charge < -0.3 is 0 Å². The van der Waals surface area contributed by atoms with Crippen molar-refractivity contribution in [3.63, 3.8) is 0 Å². The molecule has 1 saturated carbocycles. The highest BCUT2D eigenvalue weighted by Crippen LogP contribution is 2.44. The molecule has 0 unspecified atom stereocenters. The van der Waals surface area contributed by atoms with Gasteiger partial charge in [0.05, 0.1) is 15.2 Å². The summed E-state index contributed by atoms with van der Waals surface area (Å²) in [5.41, 5.74) is 1.20. The smallest absolute Gasteiger partial charge is 0.0969 e. The molecule has 2 aromatic carbocycles. The summed E-state index contributed by atoms with van der Waals surface area (Å²) >= 11 is 1.87. The van der Waals surface area contributed by atoms with Gasteiger partial charge in [-0.25, -0.2) is 4.98 Å². The number of benzene rings is 2. The quantitative estimate of drug-likeness (QED) is 0.600. The molecule has 1 heterocycles. The van der Waals surface area contributed by atoms with Crippen molar-refractivity contribution >= 4 is 32.3 Å². The summed E-state index contributed by atoms with van der Waals surface area (Å²) < 4.78 is 1.33. The van der Waals surface area contributed by atoms with Gasteiger partial charge in [-0.2, -0.15) is 0 Å². The van der Waals surface area contributed by atoms with Crippen LogP contribution < -0.4 is 0 Å². The summed E-state index contributed by atoms with van der Waals surface area (Å²) in [7, 11) is 0. The van der Waals surface area contributed by atoms with Crippen molar-refractivity contribution in [3.8, 4) is 0 Å². The Bertz CT molecular complexity index is 679. The Balaban J connectivity index is 2.11. The Morgan fingerprint density at radius 2 is 1.94 bits per heavy atom. The maximum Gasteiger partial charge on any atom is 0.0969 e. The van der Waals surface area contributed by atoms with Crippen LogP contribution in [0.25, 0.3) is 21.0 Å². The van der Waals surface area contributed by atoms with Gasteiger partial charge in [-0.05, 0) is 24.3 Å². The molecule has 2 heteroatoms. The van der Waals surface area contributed by atoms with E-state index in [1.165, 1.54) is 38.8 Å². The van der Waals surface area contributed by atoms with Gasteiger partial charge in [-0.1, -0.05) is 30.3 Å². The lowest BCUT2D eigenvalue weighted by Gasteiger charge is -1.96. The third-order valence-electron chi connectivity index (χ3n) is 3.23. The summed E-state index contributed by atoms with van der Waals surface area (Å²) in [6.45, 7) is 0. The predicted molar refractivity (Wildman–Crippen MR) is 69.1 cm³/mol. The standard InChI is InChI=1S/C14H11NS/c1-2-4-11-9(3-1)7-8-12-13(11)15-14(16-12)10-5-6-10/h1-4,7-8,10H,5-6H2. The van der Waals surface area contributed by atoms with Gasteiger partial charge in [-0.15, -0.1) is 11.3 Å². The van der Waals surface area contributed by atoms with E-state index >= 15 is 0 Å². The van der Waals surface area contributed by atoms with E-state index in [-0.39, 0.29) is 0 Å². The van der Waals surface area contributed by atoms with Crippen LogP contribution in [0.2, 0.25) is 0 Å². The molecule has 0 bridgehead atoms. The summed E-state index contributed by atoms with van der Waals surface area (Å²) in [6, 6.07) is 12.9. The SMILES string of the molecule is c1ccc2c(c1)ccc1sc(C3CC3)nc12. The van der Waals surface area contributed by atoms with Crippen LogP contribution in [0.15, 0.2) is 36.4 Å². The van der Waals surface area contributed by atoms with E-state index in [0.29, 0.717) is 0 Å². The molecule has 3 aromatic rings. The fraction of sp³-hybridized carbons (Fsp3) is 0.214. The van der Waals surface area contributed by atoms with Crippen molar-refractivity contribution in [2.24, 2.45) is 0 Å². The summed E-state index contributed by atoms with van der Waals surface area (Å²) in [6.07, 6.45) is 2.66. The predicted octanol–water partition coefficient (Wildman–Crippen LogP) is 4.33. The van der Waals surface area contributed by atoms with Gasteiger partial charge in [0, 0.05) is 11.3 Å². The molecule has 1 aliphatic carbocycles.